The molecule has 0 saturated carbocycles. The monoisotopic (exact) mass is 545 g/mol. The van der Waals surface area contributed by atoms with Gasteiger partial charge in [0.15, 0.2) is 0 Å². The summed E-state index contributed by atoms with van der Waals surface area (Å²) in [5, 5.41) is 28.7. The van der Waals surface area contributed by atoms with Gasteiger partial charge in [0.2, 0.25) is 0 Å². The third-order valence-electron chi connectivity index (χ3n) is 5.27. The van der Waals surface area contributed by atoms with Crippen molar-refractivity contribution in [3.05, 3.63) is 82.9 Å². The van der Waals surface area contributed by atoms with Crippen molar-refractivity contribution in [2.75, 3.05) is 26.4 Å². The number of rotatable bonds is 0. The van der Waals surface area contributed by atoms with Gasteiger partial charge in [-0.3, -0.25) is 14.8 Å². The van der Waals surface area contributed by atoms with Gasteiger partial charge in [-0.2, -0.15) is 0 Å². The molecule has 1 aliphatic heterocycles. The van der Waals surface area contributed by atoms with Crippen molar-refractivity contribution in [3.8, 4) is 11.5 Å². The van der Waals surface area contributed by atoms with E-state index in [2.05, 4.69) is 9.98 Å². The summed E-state index contributed by atoms with van der Waals surface area (Å²) < 4.78 is 11.3. The molecule has 9 heteroatoms. The van der Waals surface area contributed by atoms with E-state index in [1.807, 2.05) is 60.7 Å². The fraction of sp³-hybridized carbons (Fsp3) is 0.250. The average Bonchev–Trinajstić information content (AvgIpc) is 2.85. The Hall–Kier alpha value is -3.49. The Morgan fingerprint density at radius 2 is 1.11 bits per heavy atom. The molecule has 1 heterocycles. The van der Waals surface area contributed by atoms with Crippen molar-refractivity contribution in [2.45, 2.75) is 19.8 Å². The number of hydrogen-bond donors (Lipinski definition) is 3. The molecule has 0 saturated heterocycles. The normalized spacial score (nSPS) is 13.8. The molecule has 1 radical (unpaired) electrons. The van der Waals surface area contributed by atoms with Crippen molar-refractivity contribution >= 4 is 29.8 Å². The van der Waals surface area contributed by atoms with E-state index in [1.165, 1.54) is 0 Å². The Balaban J connectivity index is 0.000000898. The van der Waals surface area contributed by atoms with Gasteiger partial charge in [0.25, 0.3) is 5.97 Å². The summed E-state index contributed by atoms with van der Waals surface area (Å²) in [4.78, 5) is 18.1. The molecule has 0 spiro atoms. The van der Waals surface area contributed by atoms with Crippen LogP contribution in [0.25, 0.3) is 0 Å². The minimum absolute atomic E-state index is 0. The number of aromatic hydroxyl groups is 2. The van der Waals surface area contributed by atoms with Gasteiger partial charge in [0.1, 0.15) is 11.5 Å². The molecule has 0 amide bonds. The first kappa shape index (κ1) is 29.7. The molecule has 3 aromatic carbocycles. The third kappa shape index (κ3) is 9.48. The number of carbonyl (C=O) groups is 1. The number of para-hydroxylation sites is 4. The first-order valence-electron chi connectivity index (χ1n) is 11.6. The average molecular weight is 545 g/mol. The number of phenolic OH excluding ortho intramolecular Hbond substituents is 2. The van der Waals surface area contributed by atoms with Crippen molar-refractivity contribution in [3.63, 3.8) is 0 Å². The maximum atomic E-state index is 10.6. The minimum atomic E-state index is -0.833. The molecule has 1 aliphatic rings. The molecule has 0 atom stereocenters. The van der Waals surface area contributed by atoms with E-state index in [1.54, 1.807) is 12.4 Å². The van der Waals surface area contributed by atoms with Crippen molar-refractivity contribution in [2.24, 2.45) is 9.98 Å². The van der Waals surface area contributed by atoms with Gasteiger partial charge in [-0.15, -0.1) is 0 Å². The van der Waals surface area contributed by atoms with Crippen LogP contribution in [0.15, 0.2) is 70.6 Å². The topological polar surface area (TPSA) is 121 Å². The largest absolute Gasteiger partial charge is 0.507 e. The molecule has 3 N–H and O–H groups in total. The zero-order valence-corrected chi connectivity index (χ0v) is 21.7. The number of phenols is 2. The Morgan fingerprint density at radius 3 is 1.51 bits per heavy atom. The molecule has 195 valence electrons. The first-order chi connectivity index (χ1) is 17.5. The van der Waals surface area contributed by atoms with Crippen LogP contribution in [0.3, 0.4) is 0 Å². The second-order valence-corrected chi connectivity index (χ2v) is 7.96. The Morgan fingerprint density at radius 1 is 0.703 bits per heavy atom. The number of carboxylic acids is 1. The zero-order chi connectivity index (χ0) is 25.8. The van der Waals surface area contributed by atoms with Crippen molar-refractivity contribution in [1.82, 2.24) is 0 Å². The summed E-state index contributed by atoms with van der Waals surface area (Å²) in [6.45, 7) is 2.99. The molecule has 0 fully saturated rings. The number of aliphatic imine (C=N–C) groups is 2. The molecule has 3 aromatic rings. The fourth-order valence-corrected chi connectivity index (χ4v) is 3.48. The molecule has 4 bridgehead atoms. The van der Waals surface area contributed by atoms with Crippen LogP contribution in [0.2, 0.25) is 0 Å². The fourth-order valence-electron chi connectivity index (χ4n) is 3.48. The van der Waals surface area contributed by atoms with E-state index in [9.17, 15) is 10.2 Å². The quantitative estimate of drug-likeness (QED) is 0.349. The molecule has 37 heavy (non-hydrogen) atoms. The second kappa shape index (κ2) is 15.6. The zero-order valence-electron chi connectivity index (χ0n) is 20.5. The summed E-state index contributed by atoms with van der Waals surface area (Å²) in [6, 6.07) is 18.7. The van der Waals surface area contributed by atoms with E-state index < -0.39 is 5.97 Å². The van der Waals surface area contributed by atoms with Gasteiger partial charge >= 0.3 is 0 Å². The van der Waals surface area contributed by atoms with Crippen LogP contribution in [-0.4, -0.2) is 60.1 Å². The molecule has 0 aromatic heterocycles. The van der Waals surface area contributed by atoms with Crippen LogP contribution >= 0.6 is 0 Å². The van der Waals surface area contributed by atoms with E-state index in [-0.39, 0.29) is 28.6 Å². The molecular formula is C28H30MnN2O6. The predicted octanol–water partition coefficient (Wildman–Crippen LogP) is 4.82. The summed E-state index contributed by atoms with van der Waals surface area (Å²) >= 11 is 0. The third-order valence-corrected chi connectivity index (χ3v) is 5.27. The van der Waals surface area contributed by atoms with E-state index in [0.717, 1.165) is 18.1 Å². The van der Waals surface area contributed by atoms with Crippen LogP contribution in [0, 0.1) is 0 Å². The van der Waals surface area contributed by atoms with Crippen LogP contribution in [0.4, 0.5) is 11.4 Å². The van der Waals surface area contributed by atoms with Crippen LogP contribution < -0.4 is 0 Å². The van der Waals surface area contributed by atoms with Crippen molar-refractivity contribution in [1.29, 1.82) is 0 Å². The van der Waals surface area contributed by atoms with E-state index >= 15 is 0 Å². The Labute approximate surface area is 226 Å². The standard InChI is InChI=1S/C26H26N2O4.C2H4O2.Mn/c29-25-19-5-3-7-21(25)17-27-23-9-1-2-10-24(23)28-18-22-8-4-6-20(26(22)30)12-14-32-16-15-31-13-11-19;1-2(3)4;/h1-10,17-18,29-30H,11-16H2;1H3,(H,3,4);. The van der Waals surface area contributed by atoms with Gasteiger partial charge in [-0.05, 0) is 48.2 Å². The predicted molar refractivity (Wildman–Crippen MR) is 140 cm³/mol. The van der Waals surface area contributed by atoms with Crippen LogP contribution in [0.1, 0.15) is 29.2 Å². The Bertz CT molecular complexity index is 1140. The summed E-state index contributed by atoms with van der Waals surface area (Å²) in [5.74, 6) is -0.429. The minimum Gasteiger partial charge on any atom is -0.507 e. The smallest absolute Gasteiger partial charge is 0.300 e. The number of fused-ring (bicyclic) bond motifs is 5. The van der Waals surface area contributed by atoms with Crippen molar-refractivity contribution < 1.29 is 46.7 Å². The molecule has 4 rings (SSSR count). The van der Waals surface area contributed by atoms with Gasteiger partial charge in [0.05, 0.1) is 37.8 Å². The first-order valence-corrected chi connectivity index (χ1v) is 11.6. The van der Waals surface area contributed by atoms with Gasteiger partial charge in [-0.25, -0.2) is 0 Å². The van der Waals surface area contributed by atoms with E-state index in [4.69, 9.17) is 19.4 Å². The number of carboxylic acid groups (broad SMARTS) is 1. The number of hydrogen-bond acceptors (Lipinski definition) is 7. The van der Waals surface area contributed by atoms with Crippen LogP contribution in [-0.2, 0) is 44.2 Å². The van der Waals surface area contributed by atoms with E-state index in [0.29, 0.717) is 61.8 Å². The van der Waals surface area contributed by atoms with Gasteiger partial charge in [0, 0.05) is 47.5 Å². The number of ether oxygens (including phenoxy) is 2. The molecule has 0 unspecified atom stereocenters. The SMILES string of the molecule is CC(=O)O.Oc1c2cccc1CCOCCOCCc1cccc(c1O)C=Nc1ccccc1N=C2.[Mn]. The van der Waals surface area contributed by atoms with Gasteiger partial charge < -0.3 is 24.8 Å². The maximum absolute atomic E-state index is 10.6. The molecule has 0 aliphatic carbocycles. The number of nitrogens with zero attached hydrogens (tertiary/aromatic N) is 2. The number of aliphatic carboxylic acids is 1. The van der Waals surface area contributed by atoms with Crippen LogP contribution in [0.5, 0.6) is 11.5 Å². The van der Waals surface area contributed by atoms with Gasteiger partial charge in [-0.1, -0.05) is 36.4 Å². The maximum Gasteiger partial charge on any atom is 0.300 e. The number of benzene rings is 3. The second-order valence-electron chi connectivity index (χ2n) is 7.96. The summed E-state index contributed by atoms with van der Waals surface area (Å²) in [6.07, 6.45) is 4.46. The summed E-state index contributed by atoms with van der Waals surface area (Å²) in [7, 11) is 0. The summed E-state index contributed by atoms with van der Waals surface area (Å²) in [5.41, 5.74) is 4.20. The Kier molecular flexibility index (Phi) is 12.5. The molecule has 8 nitrogen and oxygen atoms in total. The molecular weight excluding hydrogens is 515 g/mol.